The Bertz CT molecular complexity index is 77.4. The molecule has 0 aliphatic carbocycles. The van der Waals surface area contributed by atoms with E-state index in [1.54, 1.807) is 6.92 Å². The molecule has 3 heteroatoms. The number of carboxylic acid groups (broad SMARTS) is 1. The Kier molecular flexibility index (Phi) is 9.23. The first-order chi connectivity index (χ1) is 3.18. The molecule has 0 heterocycles. The molecule has 44 valence electrons. The minimum atomic E-state index is -0.706. The topological polar surface area (TPSA) is 37.3 Å². The van der Waals surface area contributed by atoms with Gasteiger partial charge in [0, 0.05) is 0 Å². The quantitative estimate of drug-likeness (QED) is 0.463. The van der Waals surface area contributed by atoms with Crippen molar-refractivity contribution < 1.29 is 62.7 Å². The molecule has 1 atom stereocenters. The molecule has 0 saturated heterocycles. The fourth-order valence-corrected chi connectivity index (χ4v) is 0.175. The van der Waals surface area contributed by atoms with E-state index >= 15 is 0 Å². The van der Waals surface area contributed by atoms with Gasteiger partial charge < -0.3 is 6.53 Å². The van der Waals surface area contributed by atoms with Gasteiger partial charge in [0.1, 0.15) is 0 Å². The largest absolute Gasteiger partial charge is 1.00 e. The summed E-state index contributed by atoms with van der Waals surface area (Å²) < 4.78 is 0. The second-order valence-corrected chi connectivity index (χ2v) is 1.65. The van der Waals surface area contributed by atoms with Crippen LogP contribution in [0.1, 0.15) is 21.7 Å². The van der Waals surface area contributed by atoms with Crippen LogP contribution in [0, 0.1) is 5.92 Å². The maximum absolute atomic E-state index is 9.93. The number of carbonyl (C=O) groups is 1. The van der Waals surface area contributed by atoms with Crippen molar-refractivity contribution in [2.24, 2.45) is 5.92 Å². The van der Waals surface area contributed by atoms with Crippen molar-refractivity contribution in [3.05, 3.63) is 0 Å². The summed E-state index contributed by atoms with van der Waals surface area (Å²) >= 11 is 0. The van der Waals surface area contributed by atoms with Crippen LogP contribution in [0.25, 0.3) is 0 Å². The molecule has 0 aliphatic rings. The van der Waals surface area contributed by atoms with Gasteiger partial charge in [0.2, 0.25) is 0 Å². The minimum Gasteiger partial charge on any atom is -1.00 e. The van der Waals surface area contributed by atoms with Crippen molar-refractivity contribution in [3.63, 3.8) is 0 Å². The number of rotatable bonds is 2. The van der Waals surface area contributed by atoms with Gasteiger partial charge in [0.05, 0.1) is 5.92 Å². The number of aliphatic carboxylic acids is 1. The van der Waals surface area contributed by atoms with E-state index < -0.39 is 5.97 Å². The van der Waals surface area contributed by atoms with Crippen molar-refractivity contribution in [2.75, 3.05) is 0 Å². The summed E-state index contributed by atoms with van der Waals surface area (Å²) in [6, 6.07) is 0. The van der Waals surface area contributed by atoms with Gasteiger partial charge in [0.25, 0.3) is 0 Å². The molecule has 8 heavy (non-hydrogen) atoms. The van der Waals surface area contributed by atoms with Crippen LogP contribution in [0.2, 0.25) is 0 Å². The third-order valence-corrected chi connectivity index (χ3v) is 1.03. The van der Waals surface area contributed by atoms with E-state index in [9.17, 15) is 4.79 Å². The van der Waals surface area contributed by atoms with Gasteiger partial charge in [-0.2, -0.15) is 0 Å². The molecule has 0 radical (unpaired) electrons. The standard InChI is InChI=1S/C5H10O2.K.H/c1-3-4(2)5(6)7;;/h4H,3H2,1-2H3,(H,6,7);;/q;+1;-1. The summed E-state index contributed by atoms with van der Waals surface area (Å²) in [5.74, 6) is -0.887. The fraction of sp³-hybridized carbons (Fsp3) is 0.800. The summed E-state index contributed by atoms with van der Waals surface area (Å²) in [6.45, 7) is 3.56. The van der Waals surface area contributed by atoms with Crippen LogP contribution >= 0.6 is 0 Å². The molecule has 0 saturated carbocycles. The van der Waals surface area contributed by atoms with Crippen molar-refractivity contribution in [1.29, 1.82) is 0 Å². The Morgan fingerprint density at radius 1 is 1.88 bits per heavy atom. The van der Waals surface area contributed by atoms with Crippen LogP contribution in [0.15, 0.2) is 0 Å². The molecule has 0 aromatic carbocycles. The first-order valence-electron chi connectivity index (χ1n) is 2.41. The number of hydrogen-bond acceptors (Lipinski definition) is 1. The molecule has 0 bridgehead atoms. The average Bonchev–Trinajstić information content (AvgIpc) is 1.65. The predicted molar refractivity (Wildman–Crippen MR) is 28.2 cm³/mol. The summed E-state index contributed by atoms with van der Waals surface area (Å²) in [5, 5.41) is 8.18. The molecule has 0 aromatic heterocycles. The van der Waals surface area contributed by atoms with Crippen LogP contribution in [0.5, 0.6) is 0 Å². The molecule has 2 nitrogen and oxygen atoms in total. The third kappa shape index (κ3) is 5.25. The van der Waals surface area contributed by atoms with Gasteiger partial charge in [0.15, 0.2) is 0 Å². The van der Waals surface area contributed by atoms with Crippen LogP contribution in [0.3, 0.4) is 0 Å². The SMILES string of the molecule is CCC(C)C(=O)O.[H-].[K+]. The van der Waals surface area contributed by atoms with Crippen LogP contribution in [-0.4, -0.2) is 11.1 Å². The third-order valence-electron chi connectivity index (χ3n) is 1.03. The van der Waals surface area contributed by atoms with Gasteiger partial charge in [-0.1, -0.05) is 13.8 Å². The Labute approximate surface area is 93.6 Å². The first-order valence-corrected chi connectivity index (χ1v) is 2.41. The molecule has 0 amide bonds. The summed E-state index contributed by atoms with van der Waals surface area (Å²) in [5.41, 5.74) is 0. The molecule has 0 rings (SSSR count). The molecular formula is C5H11KO2. The average molecular weight is 142 g/mol. The van der Waals surface area contributed by atoms with Crippen molar-refractivity contribution in [1.82, 2.24) is 0 Å². The van der Waals surface area contributed by atoms with Gasteiger partial charge in [-0.05, 0) is 6.42 Å². The second-order valence-electron chi connectivity index (χ2n) is 1.65. The van der Waals surface area contributed by atoms with E-state index in [1.165, 1.54) is 0 Å². The van der Waals surface area contributed by atoms with Crippen LogP contribution in [-0.2, 0) is 4.79 Å². The number of hydrogen-bond donors (Lipinski definition) is 1. The zero-order valence-corrected chi connectivity index (χ0v) is 8.76. The summed E-state index contributed by atoms with van der Waals surface area (Å²) in [6.07, 6.45) is 0.718. The van der Waals surface area contributed by atoms with E-state index in [4.69, 9.17) is 5.11 Å². The Hall–Kier alpha value is 1.11. The van der Waals surface area contributed by atoms with Crippen molar-refractivity contribution in [2.45, 2.75) is 20.3 Å². The molecule has 0 aromatic rings. The van der Waals surface area contributed by atoms with Crippen molar-refractivity contribution in [3.8, 4) is 0 Å². The summed E-state index contributed by atoms with van der Waals surface area (Å²) in [7, 11) is 0. The van der Waals surface area contributed by atoms with Gasteiger partial charge >= 0.3 is 57.4 Å². The molecule has 0 aliphatic heterocycles. The fourth-order valence-electron chi connectivity index (χ4n) is 0.175. The maximum atomic E-state index is 9.93. The smallest absolute Gasteiger partial charge is 1.00 e. The van der Waals surface area contributed by atoms with E-state index in [2.05, 4.69) is 0 Å². The number of carboxylic acids is 1. The van der Waals surface area contributed by atoms with E-state index in [0.717, 1.165) is 6.42 Å². The van der Waals surface area contributed by atoms with Gasteiger partial charge in [-0.3, -0.25) is 4.79 Å². The Balaban J connectivity index is -0.000000180. The normalized spacial score (nSPS) is 11.8. The van der Waals surface area contributed by atoms with E-state index in [0.29, 0.717) is 0 Å². The molecule has 1 N–H and O–H groups in total. The molecule has 0 spiro atoms. The predicted octanol–water partition coefficient (Wildman–Crippen LogP) is -1.77. The minimum absolute atomic E-state index is 0. The first kappa shape index (κ1) is 11.8. The zero-order valence-electron chi connectivity index (χ0n) is 6.64. The monoisotopic (exact) mass is 142 g/mol. The Morgan fingerprint density at radius 3 is 2.25 bits per heavy atom. The van der Waals surface area contributed by atoms with Crippen LogP contribution in [0.4, 0.5) is 0 Å². The second kappa shape index (κ2) is 6.23. The zero-order chi connectivity index (χ0) is 5.86. The molecule has 1 unspecified atom stereocenters. The van der Waals surface area contributed by atoms with Gasteiger partial charge in [-0.25, -0.2) is 0 Å². The maximum Gasteiger partial charge on any atom is 1.00 e. The Morgan fingerprint density at radius 2 is 2.25 bits per heavy atom. The summed E-state index contributed by atoms with van der Waals surface area (Å²) in [4.78, 5) is 9.93. The van der Waals surface area contributed by atoms with Crippen LogP contribution < -0.4 is 51.4 Å². The van der Waals surface area contributed by atoms with E-state index in [-0.39, 0.29) is 58.7 Å². The molecular weight excluding hydrogens is 131 g/mol. The van der Waals surface area contributed by atoms with E-state index in [1.807, 2.05) is 6.92 Å². The van der Waals surface area contributed by atoms with Gasteiger partial charge in [-0.15, -0.1) is 0 Å². The molecule has 0 fully saturated rings. The van der Waals surface area contributed by atoms with Crippen molar-refractivity contribution >= 4 is 5.97 Å².